The maximum Gasteiger partial charge on any atom is 0.234 e. The molecule has 0 aromatic carbocycles. The average Bonchev–Trinajstić information content (AvgIpc) is 2.93. The summed E-state index contributed by atoms with van der Waals surface area (Å²) in [7, 11) is 0. The van der Waals surface area contributed by atoms with Crippen LogP contribution in [0, 0.1) is 5.92 Å². The Kier molecular flexibility index (Phi) is 2.84. The van der Waals surface area contributed by atoms with Gasteiger partial charge in [-0.05, 0) is 25.3 Å². The Hall–Kier alpha value is -1.01. The average molecular weight is 251 g/mol. The molecule has 0 amide bonds. The van der Waals surface area contributed by atoms with Gasteiger partial charge in [-0.25, -0.2) is 0 Å². The van der Waals surface area contributed by atoms with Crippen LogP contribution in [0.3, 0.4) is 0 Å². The van der Waals surface area contributed by atoms with Gasteiger partial charge in [-0.15, -0.1) is 10.2 Å². The second-order valence-corrected chi connectivity index (χ2v) is 5.99. The van der Waals surface area contributed by atoms with Gasteiger partial charge in [-0.3, -0.25) is 0 Å². The van der Waals surface area contributed by atoms with E-state index >= 15 is 0 Å². The lowest BCUT2D eigenvalue weighted by molar-refractivity contribution is 0.593. The first kappa shape index (κ1) is 11.1. The third kappa shape index (κ3) is 2.07. The molecule has 1 aliphatic heterocycles. The second kappa shape index (κ2) is 4.34. The predicted octanol–water partition coefficient (Wildman–Crippen LogP) is 1.81. The van der Waals surface area contributed by atoms with Crippen LogP contribution < -0.4 is 5.32 Å². The number of rotatable bonds is 3. The largest absolute Gasteiger partial charge is 0.308 e. The molecule has 0 spiro atoms. The lowest BCUT2D eigenvalue weighted by atomic mass is 10.1. The minimum absolute atomic E-state index is 0.425. The molecular weight excluding hydrogens is 234 g/mol. The third-order valence-electron chi connectivity index (χ3n) is 3.02. The summed E-state index contributed by atoms with van der Waals surface area (Å²) in [6.45, 7) is 5.48. The van der Waals surface area contributed by atoms with E-state index in [-0.39, 0.29) is 0 Å². The normalized spacial score (nSPS) is 20.8. The van der Waals surface area contributed by atoms with E-state index in [2.05, 4.69) is 34.5 Å². The molecular formula is C11H17N5S. The summed E-state index contributed by atoms with van der Waals surface area (Å²) in [5, 5.41) is 17.7. The third-order valence-corrected chi connectivity index (χ3v) is 4.03. The van der Waals surface area contributed by atoms with E-state index in [1.54, 1.807) is 11.3 Å². The molecule has 1 atom stereocenters. The summed E-state index contributed by atoms with van der Waals surface area (Å²) in [6, 6.07) is 0.425. The maximum atomic E-state index is 4.66. The van der Waals surface area contributed by atoms with Gasteiger partial charge in [-0.1, -0.05) is 25.2 Å². The molecule has 1 unspecified atom stereocenters. The van der Waals surface area contributed by atoms with Gasteiger partial charge in [0.25, 0.3) is 0 Å². The van der Waals surface area contributed by atoms with Crippen molar-refractivity contribution >= 4 is 16.3 Å². The highest BCUT2D eigenvalue weighted by Gasteiger charge is 2.22. The summed E-state index contributed by atoms with van der Waals surface area (Å²) in [5.41, 5.74) is 0. The maximum absolute atomic E-state index is 4.66. The van der Waals surface area contributed by atoms with E-state index < -0.39 is 0 Å². The first-order chi connectivity index (χ1) is 8.24. The Morgan fingerprint density at radius 1 is 1.47 bits per heavy atom. The molecule has 0 aliphatic carbocycles. The quantitative estimate of drug-likeness (QED) is 0.904. The van der Waals surface area contributed by atoms with Crippen LogP contribution in [0.25, 0.3) is 4.96 Å². The fraction of sp³-hybridized carbons (Fsp3) is 0.727. The summed E-state index contributed by atoms with van der Waals surface area (Å²) < 4.78 is 1.92. The Labute approximate surface area is 104 Å². The van der Waals surface area contributed by atoms with Crippen LogP contribution in [-0.2, 0) is 6.42 Å². The summed E-state index contributed by atoms with van der Waals surface area (Å²) >= 11 is 1.66. The molecule has 1 fully saturated rings. The van der Waals surface area contributed by atoms with Gasteiger partial charge >= 0.3 is 0 Å². The highest BCUT2D eigenvalue weighted by molar-refractivity contribution is 7.16. The van der Waals surface area contributed by atoms with E-state index in [1.165, 1.54) is 12.8 Å². The van der Waals surface area contributed by atoms with Crippen LogP contribution in [0.2, 0.25) is 0 Å². The van der Waals surface area contributed by atoms with Crippen molar-refractivity contribution in [2.75, 3.05) is 6.54 Å². The Bertz CT molecular complexity index is 509. The fourth-order valence-electron chi connectivity index (χ4n) is 2.20. The van der Waals surface area contributed by atoms with Crippen LogP contribution in [0.1, 0.15) is 43.6 Å². The summed E-state index contributed by atoms with van der Waals surface area (Å²) in [4.78, 5) is 0.921. The van der Waals surface area contributed by atoms with E-state index in [0.717, 1.165) is 28.8 Å². The molecule has 5 nitrogen and oxygen atoms in total. The zero-order valence-electron chi connectivity index (χ0n) is 10.2. The Morgan fingerprint density at radius 2 is 2.35 bits per heavy atom. The molecule has 92 valence electrons. The van der Waals surface area contributed by atoms with Crippen molar-refractivity contribution in [3.8, 4) is 0 Å². The standard InChI is InChI=1S/C11H17N5S/c1-7(2)6-9-13-14-11-16(9)15-10(17-11)8-4-3-5-12-8/h7-8,12H,3-6H2,1-2H3. The van der Waals surface area contributed by atoms with Crippen molar-refractivity contribution in [1.82, 2.24) is 25.1 Å². The number of nitrogens with zero attached hydrogens (tertiary/aromatic N) is 4. The summed E-state index contributed by atoms with van der Waals surface area (Å²) in [5.74, 6) is 1.56. The molecule has 0 bridgehead atoms. The smallest absolute Gasteiger partial charge is 0.234 e. The van der Waals surface area contributed by atoms with E-state index in [1.807, 2.05) is 4.52 Å². The molecule has 17 heavy (non-hydrogen) atoms. The van der Waals surface area contributed by atoms with Crippen molar-refractivity contribution in [2.45, 2.75) is 39.2 Å². The lowest BCUT2D eigenvalue weighted by Crippen LogP contribution is -2.13. The zero-order valence-corrected chi connectivity index (χ0v) is 11.0. The van der Waals surface area contributed by atoms with Gasteiger partial charge in [0.1, 0.15) is 5.01 Å². The van der Waals surface area contributed by atoms with Crippen molar-refractivity contribution in [3.63, 3.8) is 0 Å². The lowest BCUT2D eigenvalue weighted by Gasteiger charge is -2.04. The van der Waals surface area contributed by atoms with Gasteiger partial charge < -0.3 is 5.32 Å². The second-order valence-electron chi connectivity index (χ2n) is 5.00. The van der Waals surface area contributed by atoms with Crippen LogP contribution in [-0.4, -0.2) is 26.4 Å². The van der Waals surface area contributed by atoms with Crippen LogP contribution in [0.15, 0.2) is 0 Å². The molecule has 0 saturated carbocycles. The Morgan fingerprint density at radius 3 is 3.06 bits per heavy atom. The number of hydrogen-bond donors (Lipinski definition) is 1. The van der Waals surface area contributed by atoms with Crippen LogP contribution in [0.4, 0.5) is 0 Å². The van der Waals surface area contributed by atoms with Crippen molar-refractivity contribution in [2.24, 2.45) is 5.92 Å². The molecule has 1 aliphatic rings. The minimum Gasteiger partial charge on any atom is -0.308 e. The van der Waals surface area contributed by atoms with E-state index in [4.69, 9.17) is 0 Å². The first-order valence-electron chi connectivity index (χ1n) is 6.18. The SMILES string of the molecule is CC(C)Cc1nnc2sc(C3CCCN3)nn12. The molecule has 2 aromatic rings. The highest BCUT2D eigenvalue weighted by atomic mass is 32.1. The van der Waals surface area contributed by atoms with E-state index in [9.17, 15) is 0 Å². The predicted molar refractivity (Wildman–Crippen MR) is 67.2 cm³/mol. The molecule has 3 heterocycles. The van der Waals surface area contributed by atoms with Crippen LogP contribution in [0.5, 0.6) is 0 Å². The monoisotopic (exact) mass is 251 g/mol. The van der Waals surface area contributed by atoms with Crippen molar-refractivity contribution in [3.05, 3.63) is 10.8 Å². The molecule has 1 saturated heterocycles. The Balaban J connectivity index is 1.93. The molecule has 6 heteroatoms. The van der Waals surface area contributed by atoms with Gasteiger partial charge in [0.05, 0.1) is 6.04 Å². The number of fused-ring (bicyclic) bond motifs is 1. The number of nitrogens with one attached hydrogen (secondary N) is 1. The zero-order chi connectivity index (χ0) is 11.8. The van der Waals surface area contributed by atoms with Gasteiger partial charge in [0.2, 0.25) is 4.96 Å². The van der Waals surface area contributed by atoms with Gasteiger partial charge in [0.15, 0.2) is 5.82 Å². The molecule has 2 aromatic heterocycles. The minimum atomic E-state index is 0.425. The fourth-order valence-corrected chi connectivity index (χ4v) is 3.17. The van der Waals surface area contributed by atoms with Crippen molar-refractivity contribution < 1.29 is 0 Å². The summed E-state index contributed by atoms with van der Waals surface area (Å²) in [6.07, 6.45) is 3.36. The number of aromatic nitrogens is 4. The molecule has 1 N–H and O–H groups in total. The highest BCUT2D eigenvalue weighted by Crippen LogP contribution is 2.27. The molecule has 0 radical (unpaired) electrons. The van der Waals surface area contributed by atoms with Gasteiger partial charge in [-0.2, -0.15) is 9.61 Å². The van der Waals surface area contributed by atoms with Crippen molar-refractivity contribution in [1.29, 1.82) is 0 Å². The first-order valence-corrected chi connectivity index (χ1v) is 7.00. The van der Waals surface area contributed by atoms with E-state index in [0.29, 0.717) is 12.0 Å². The molecule has 3 rings (SSSR count). The van der Waals surface area contributed by atoms with Crippen LogP contribution >= 0.6 is 11.3 Å². The van der Waals surface area contributed by atoms with Gasteiger partial charge in [0, 0.05) is 6.42 Å². The topological polar surface area (TPSA) is 55.1 Å². The number of hydrogen-bond acceptors (Lipinski definition) is 5.